The SMILES string of the molecule is Nc1cc(Br)c(NC(=O)NCC(F)(F)F)c(Br)c1. The molecule has 100 valence electrons. The van der Waals surface area contributed by atoms with Crippen LogP contribution in [-0.4, -0.2) is 18.8 Å². The number of carbonyl (C=O) groups excluding carboxylic acids is 1. The highest BCUT2D eigenvalue weighted by Gasteiger charge is 2.27. The van der Waals surface area contributed by atoms with E-state index in [0.717, 1.165) is 0 Å². The van der Waals surface area contributed by atoms with Gasteiger partial charge in [0.15, 0.2) is 0 Å². The smallest absolute Gasteiger partial charge is 0.399 e. The van der Waals surface area contributed by atoms with E-state index in [-0.39, 0.29) is 0 Å². The zero-order chi connectivity index (χ0) is 13.9. The van der Waals surface area contributed by atoms with E-state index in [9.17, 15) is 18.0 Å². The second-order valence-electron chi connectivity index (χ2n) is 3.28. The van der Waals surface area contributed by atoms with Crippen LogP contribution in [0.4, 0.5) is 29.3 Å². The van der Waals surface area contributed by atoms with Gasteiger partial charge in [-0.15, -0.1) is 0 Å². The number of nitrogens with two attached hydrogens (primary N) is 1. The Morgan fingerprint density at radius 2 is 1.78 bits per heavy atom. The summed E-state index contributed by atoms with van der Waals surface area (Å²) in [6, 6.07) is 2.08. The molecule has 0 aliphatic rings. The Balaban J connectivity index is 2.71. The second kappa shape index (κ2) is 5.79. The van der Waals surface area contributed by atoms with Crippen LogP contribution in [0.15, 0.2) is 21.1 Å². The highest BCUT2D eigenvalue weighted by Crippen LogP contribution is 2.33. The van der Waals surface area contributed by atoms with Crippen molar-refractivity contribution in [2.45, 2.75) is 6.18 Å². The summed E-state index contributed by atoms with van der Waals surface area (Å²) in [5.41, 5.74) is 6.27. The fraction of sp³-hybridized carbons (Fsp3) is 0.222. The molecule has 0 heterocycles. The first-order chi connectivity index (χ1) is 8.19. The predicted octanol–water partition coefficient (Wildman–Crippen LogP) is 3.48. The number of benzene rings is 1. The Morgan fingerprint density at radius 3 is 2.22 bits per heavy atom. The number of anilines is 2. The highest BCUT2D eigenvalue weighted by molar-refractivity contribution is 9.11. The van der Waals surface area contributed by atoms with Crippen molar-refractivity contribution in [3.8, 4) is 0 Å². The van der Waals surface area contributed by atoms with Crippen LogP contribution in [0.25, 0.3) is 0 Å². The third-order valence-corrected chi connectivity index (χ3v) is 3.00. The summed E-state index contributed by atoms with van der Waals surface area (Å²) in [5, 5.41) is 3.97. The van der Waals surface area contributed by atoms with Crippen LogP contribution in [0.3, 0.4) is 0 Å². The van der Waals surface area contributed by atoms with Gasteiger partial charge < -0.3 is 16.4 Å². The van der Waals surface area contributed by atoms with E-state index in [2.05, 4.69) is 37.2 Å². The van der Waals surface area contributed by atoms with Crippen LogP contribution in [0, 0.1) is 0 Å². The van der Waals surface area contributed by atoms with E-state index in [1.807, 2.05) is 0 Å². The Bertz CT molecular complexity index is 442. The number of amides is 2. The van der Waals surface area contributed by atoms with E-state index in [0.29, 0.717) is 20.3 Å². The number of hydrogen-bond donors (Lipinski definition) is 3. The molecule has 0 atom stereocenters. The van der Waals surface area contributed by atoms with Crippen molar-refractivity contribution in [3.63, 3.8) is 0 Å². The first-order valence-electron chi connectivity index (χ1n) is 4.55. The first kappa shape index (κ1) is 15.1. The monoisotopic (exact) mass is 389 g/mol. The molecular weight excluding hydrogens is 383 g/mol. The molecule has 4 N–H and O–H groups in total. The van der Waals surface area contributed by atoms with Gasteiger partial charge in [0.1, 0.15) is 6.54 Å². The number of nitrogen functional groups attached to an aromatic ring is 1. The maximum atomic E-state index is 11.9. The maximum Gasteiger partial charge on any atom is 0.405 e. The third kappa shape index (κ3) is 4.73. The molecule has 0 unspecified atom stereocenters. The van der Waals surface area contributed by atoms with Crippen molar-refractivity contribution in [1.29, 1.82) is 0 Å². The minimum Gasteiger partial charge on any atom is -0.399 e. The Labute approximate surface area is 117 Å². The number of halogens is 5. The number of rotatable bonds is 2. The van der Waals surface area contributed by atoms with Crippen LogP contribution in [0.5, 0.6) is 0 Å². The van der Waals surface area contributed by atoms with Gasteiger partial charge in [-0.3, -0.25) is 0 Å². The van der Waals surface area contributed by atoms with Crippen LogP contribution >= 0.6 is 31.9 Å². The van der Waals surface area contributed by atoms with E-state index >= 15 is 0 Å². The van der Waals surface area contributed by atoms with Gasteiger partial charge in [-0.05, 0) is 44.0 Å². The Kier molecular flexibility index (Phi) is 4.85. The van der Waals surface area contributed by atoms with Crippen molar-refractivity contribution in [2.24, 2.45) is 0 Å². The second-order valence-corrected chi connectivity index (χ2v) is 4.99. The fourth-order valence-corrected chi connectivity index (χ4v) is 2.47. The average molecular weight is 391 g/mol. The van der Waals surface area contributed by atoms with Crippen molar-refractivity contribution < 1.29 is 18.0 Å². The first-order valence-corrected chi connectivity index (χ1v) is 6.14. The van der Waals surface area contributed by atoms with Gasteiger partial charge in [0.25, 0.3) is 0 Å². The van der Waals surface area contributed by atoms with Gasteiger partial charge in [-0.2, -0.15) is 13.2 Å². The van der Waals surface area contributed by atoms with Gasteiger partial charge in [0.05, 0.1) is 5.69 Å². The minimum absolute atomic E-state index is 0.295. The summed E-state index contributed by atoms with van der Waals surface area (Å²) in [6.45, 7) is -1.40. The molecule has 0 radical (unpaired) electrons. The number of alkyl halides is 3. The number of nitrogens with one attached hydrogen (secondary N) is 2. The van der Waals surface area contributed by atoms with Gasteiger partial charge >= 0.3 is 12.2 Å². The number of urea groups is 1. The van der Waals surface area contributed by atoms with Crippen molar-refractivity contribution >= 4 is 49.3 Å². The molecule has 1 rings (SSSR count). The Hall–Kier alpha value is -0.960. The molecule has 0 aliphatic carbocycles. The molecular formula is C9H8Br2F3N3O. The number of hydrogen-bond acceptors (Lipinski definition) is 2. The van der Waals surface area contributed by atoms with E-state index in [1.165, 1.54) is 12.1 Å². The zero-order valence-corrected chi connectivity index (χ0v) is 11.9. The standard InChI is InChI=1S/C9H8Br2F3N3O/c10-5-1-4(15)2-6(11)7(5)17-8(18)16-3-9(12,13)14/h1-2H,3,15H2,(H2,16,17,18). The predicted molar refractivity (Wildman–Crippen MR) is 69.3 cm³/mol. The van der Waals surface area contributed by atoms with E-state index in [4.69, 9.17) is 5.73 Å². The molecule has 1 aromatic carbocycles. The van der Waals surface area contributed by atoms with Crippen LogP contribution in [0.1, 0.15) is 0 Å². The summed E-state index contributed by atoms with van der Waals surface area (Å²) in [7, 11) is 0. The van der Waals surface area contributed by atoms with Crippen LogP contribution < -0.4 is 16.4 Å². The molecule has 1 aromatic rings. The largest absolute Gasteiger partial charge is 0.405 e. The molecule has 9 heteroatoms. The van der Waals surface area contributed by atoms with Crippen molar-refractivity contribution in [1.82, 2.24) is 5.32 Å². The molecule has 0 fully saturated rings. The summed E-state index contributed by atoms with van der Waals surface area (Å²) in [6.07, 6.45) is -4.45. The summed E-state index contributed by atoms with van der Waals surface area (Å²) in [4.78, 5) is 11.3. The van der Waals surface area contributed by atoms with Gasteiger partial charge in [-0.1, -0.05) is 0 Å². The van der Waals surface area contributed by atoms with E-state index in [1.54, 1.807) is 5.32 Å². The lowest BCUT2D eigenvalue weighted by Gasteiger charge is -2.12. The molecule has 0 aliphatic heterocycles. The molecule has 0 saturated heterocycles. The minimum atomic E-state index is -4.45. The quantitative estimate of drug-likeness (QED) is 0.677. The lowest BCUT2D eigenvalue weighted by Crippen LogP contribution is -2.36. The van der Waals surface area contributed by atoms with Crippen molar-refractivity contribution in [3.05, 3.63) is 21.1 Å². The lowest BCUT2D eigenvalue weighted by atomic mass is 10.3. The topological polar surface area (TPSA) is 67.1 Å². The zero-order valence-electron chi connectivity index (χ0n) is 8.74. The lowest BCUT2D eigenvalue weighted by molar-refractivity contribution is -0.122. The highest BCUT2D eigenvalue weighted by atomic mass is 79.9. The van der Waals surface area contributed by atoms with Gasteiger partial charge in [-0.25, -0.2) is 4.79 Å². The number of carbonyl (C=O) groups is 1. The summed E-state index contributed by atoms with van der Waals surface area (Å²) in [5.74, 6) is 0. The van der Waals surface area contributed by atoms with Gasteiger partial charge in [0.2, 0.25) is 0 Å². The molecule has 18 heavy (non-hydrogen) atoms. The molecule has 0 aromatic heterocycles. The molecule has 4 nitrogen and oxygen atoms in total. The van der Waals surface area contributed by atoms with Gasteiger partial charge in [0, 0.05) is 14.6 Å². The molecule has 0 bridgehead atoms. The van der Waals surface area contributed by atoms with E-state index < -0.39 is 18.8 Å². The molecule has 0 saturated carbocycles. The van der Waals surface area contributed by atoms with Crippen LogP contribution in [-0.2, 0) is 0 Å². The third-order valence-electron chi connectivity index (χ3n) is 1.75. The normalized spacial score (nSPS) is 11.2. The maximum absolute atomic E-state index is 11.9. The van der Waals surface area contributed by atoms with Crippen molar-refractivity contribution in [2.75, 3.05) is 17.6 Å². The Morgan fingerprint density at radius 1 is 1.28 bits per heavy atom. The summed E-state index contributed by atoms with van der Waals surface area (Å²) >= 11 is 6.28. The molecule has 2 amide bonds. The fourth-order valence-electron chi connectivity index (χ4n) is 1.05. The average Bonchev–Trinajstić information content (AvgIpc) is 2.19. The summed E-state index contributed by atoms with van der Waals surface area (Å²) < 4.78 is 36.6. The van der Waals surface area contributed by atoms with Crippen LogP contribution in [0.2, 0.25) is 0 Å². The molecule has 0 spiro atoms.